The van der Waals surface area contributed by atoms with E-state index in [0.29, 0.717) is 5.41 Å². The molecule has 2 heteroatoms. The van der Waals surface area contributed by atoms with Gasteiger partial charge in [-0.3, -0.25) is 0 Å². The Morgan fingerprint density at radius 1 is 1.15 bits per heavy atom. The van der Waals surface area contributed by atoms with Gasteiger partial charge < -0.3 is 5.32 Å². The molecule has 0 saturated heterocycles. The van der Waals surface area contributed by atoms with Crippen LogP contribution in [0.3, 0.4) is 0 Å². The van der Waals surface area contributed by atoms with Crippen molar-refractivity contribution < 1.29 is 0 Å². The molecule has 0 aliphatic carbocycles. The van der Waals surface area contributed by atoms with Crippen LogP contribution in [0, 0.1) is 5.41 Å². The lowest BCUT2D eigenvalue weighted by atomic mass is 9.79. The summed E-state index contributed by atoms with van der Waals surface area (Å²) in [6.45, 7) is 9.22. The summed E-state index contributed by atoms with van der Waals surface area (Å²) in [7, 11) is 0. The number of nitrogens with one attached hydrogen (secondary N) is 1. The van der Waals surface area contributed by atoms with E-state index >= 15 is 0 Å². The molecule has 0 bridgehead atoms. The Bertz CT molecular complexity index is 531. The lowest BCUT2D eigenvalue weighted by molar-refractivity contribution is 0.276. The van der Waals surface area contributed by atoms with Crippen LogP contribution in [0.15, 0.2) is 29.6 Å². The van der Waals surface area contributed by atoms with E-state index < -0.39 is 0 Å². The van der Waals surface area contributed by atoms with Gasteiger partial charge >= 0.3 is 0 Å². The number of benzene rings is 1. The van der Waals surface area contributed by atoms with E-state index in [-0.39, 0.29) is 0 Å². The summed E-state index contributed by atoms with van der Waals surface area (Å²) >= 11 is 1.88. The fraction of sp³-hybridized carbons (Fsp3) is 0.556. The Morgan fingerprint density at radius 2 is 1.95 bits per heavy atom. The summed E-state index contributed by atoms with van der Waals surface area (Å²) in [6.07, 6.45) is 4.94. The average Bonchev–Trinajstić information content (AvgIpc) is 2.83. The second kappa shape index (κ2) is 7.24. The van der Waals surface area contributed by atoms with Gasteiger partial charge in [0.25, 0.3) is 0 Å². The molecule has 2 rings (SSSR count). The molecule has 1 nitrogen and oxygen atoms in total. The summed E-state index contributed by atoms with van der Waals surface area (Å²) < 4.78 is 1.42. The Labute approximate surface area is 127 Å². The SMILES string of the molecule is CCCNCC(C)(CCC)Cc1csc2ccccc12. The molecule has 0 saturated carbocycles. The molecule has 1 heterocycles. The first-order valence-electron chi connectivity index (χ1n) is 7.84. The molecule has 0 radical (unpaired) electrons. The Morgan fingerprint density at radius 3 is 2.70 bits per heavy atom. The summed E-state index contributed by atoms with van der Waals surface area (Å²) in [5.41, 5.74) is 1.90. The van der Waals surface area contributed by atoms with Crippen molar-refractivity contribution in [2.75, 3.05) is 13.1 Å². The van der Waals surface area contributed by atoms with E-state index in [2.05, 4.69) is 55.7 Å². The number of fused-ring (bicyclic) bond motifs is 1. The van der Waals surface area contributed by atoms with Crippen molar-refractivity contribution in [3.63, 3.8) is 0 Å². The van der Waals surface area contributed by atoms with Gasteiger partial charge in [0.05, 0.1) is 0 Å². The molecule has 0 aliphatic rings. The van der Waals surface area contributed by atoms with E-state index in [4.69, 9.17) is 0 Å². The molecule has 0 spiro atoms. The van der Waals surface area contributed by atoms with Crippen molar-refractivity contribution in [1.29, 1.82) is 0 Å². The lowest BCUT2D eigenvalue weighted by Crippen LogP contribution is -2.34. The zero-order valence-electron chi connectivity index (χ0n) is 13.0. The maximum Gasteiger partial charge on any atom is 0.0345 e. The highest BCUT2D eigenvalue weighted by Crippen LogP contribution is 2.33. The van der Waals surface area contributed by atoms with Gasteiger partial charge in [0.2, 0.25) is 0 Å². The third kappa shape index (κ3) is 3.83. The molecule has 0 fully saturated rings. The third-order valence-corrected chi connectivity index (χ3v) is 5.02. The lowest BCUT2D eigenvalue weighted by Gasteiger charge is -2.30. The summed E-state index contributed by atoms with van der Waals surface area (Å²) in [5, 5.41) is 7.44. The quantitative estimate of drug-likeness (QED) is 0.654. The third-order valence-electron chi connectivity index (χ3n) is 4.01. The van der Waals surface area contributed by atoms with Crippen LogP contribution >= 0.6 is 11.3 Å². The van der Waals surface area contributed by atoms with Crippen LogP contribution in [0.25, 0.3) is 10.1 Å². The van der Waals surface area contributed by atoms with E-state index in [1.807, 2.05) is 11.3 Å². The van der Waals surface area contributed by atoms with Crippen LogP contribution in [0.2, 0.25) is 0 Å². The molecule has 20 heavy (non-hydrogen) atoms. The van der Waals surface area contributed by atoms with Crippen molar-refractivity contribution in [3.8, 4) is 0 Å². The van der Waals surface area contributed by atoms with Crippen LogP contribution in [0.5, 0.6) is 0 Å². The molecule has 1 atom stereocenters. The Hall–Kier alpha value is -0.860. The fourth-order valence-corrected chi connectivity index (χ4v) is 4.00. The second-order valence-corrected chi connectivity index (χ2v) is 7.08. The number of hydrogen-bond acceptors (Lipinski definition) is 2. The van der Waals surface area contributed by atoms with Crippen LogP contribution < -0.4 is 5.32 Å². The topological polar surface area (TPSA) is 12.0 Å². The van der Waals surface area contributed by atoms with Crippen LogP contribution in [0.4, 0.5) is 0 Å². The average molecular weight is 289 g/mol. The van der Waals surface area contributed by atoms with Gasteiger partial charge in [0.15, 0.2) is 0 Å². The van der Waals surface area contributed by atoms with Gasteiger partial charge in [-0.25, -0.2) is 0 Å². The monoisotopic (exact) mass is 289 g/mol. The zero-order valence-corrected chi connectivity index (χ0v) is 13.9. The summed E-state index contributed by atoms with van der Waals surface area (Å²) in [5.74, 6) is 0. The highest BCUT2D eigenvalue weighted by molar-refractivity contribution is 7.17. The van der Waals surface area contributed by atoms with Crippen LogP contribution in [-0.4, -0.2) is 13.1 Å². The minimum Gasteiger partial charge on any atom is -0.316 e. The van der Waals surface area contributed by atoms with Gasteiger partial charge in [0, 0.05) is 11.2 Å². The predicted octanol–water partition coefficient (Wildman–Crippen LogP) is 5.25. The minimum absolute atomic E-state index is 0.369. The van der Waals surface area contributed by atoms with Crippen molar-refractivity contribution in [2.45, 2.75) is 46.5 Å². The molecule has 110 valence electrons. The van der Waals surface area contributed by atoms with Crippen molar-refractivity contribution in [3.05, 3.63) is 35.2 Å². The van der Waals surface area contributed by atoms with Gasteiger partial charge in [0.1, 0.15) is 0 Å². The zero-order chi connectivity index (χ0) is 14.4. The number of thiophene rings is 1. The van der Waals surface area contributed by atoms with E-state index in [1.54, 1.807) is 0 Å². The van der Waals surface area contributed by atoms with Crippen LogP contribution in [-0.2, 0) is 6.42 Å². The number of hydrogen-bond donors (Lipinski definition) is 1. The fourth-order valence-electron chi connectivity index (χ4n) is 3.04. The molecule has 0 aliphatic heterocycles. The van der Waals surface area contributed by atoms with E-state index in [1.165, 1.54) is 41.3 Å². The summed E-state index contributed by atoms with van der Waals surface area (Å²) in [6, 6.07) is 8.80. The first-order chi connectivity index (χ1) is 9.68. The van der Waals surface area contributed by atoms with Gasteiger partial charge in [-0.1, -0.05) is 45.4 Å². The molecule has 2 aromatic rings. The smallest absolute Gasteiger partial charge is 0.0345 e. The van der Waals surface area contributed by atoms with Gasteiger partial charge in [-0.15, -0.1) is 11.3 Å². The number of rotatable bonds is 8. The minimum atomic E-state index is 0.369. The van der Waals surface area contributed by atoms with Crippen molar-refractivity contribution >= 4 is 21.4 Å². The molecule has 0 amide bonds. The largest absolute Gasteiger partial charge is 0.316 e. The second-order valence-electron chi connectivity index (χ2n) is 6.17. The molecule has 1 aromatic heterocycles. The first kappa shape index (κ1) is 15.5. The molecule has 1 N–H and O–H groups in total. The normalized spacial score (nSPS) is 14.6. The molecular weight excluding hydrogens is 262 g/mol. The maximum atomic E-state index is 3.62. The van der Waals surface area contributed by atoms with E-state index in [9.17, 15) is 0 Å². The first-order valence-corrected chi connectivity index (χ1v) is 8.72. The highest BCUT2D eigenvalue weighted by atomic mass is 32.1. The van der Waals surface area contributed by atoms with Crippen LogP contribution in [0.1, 0.15) is 45.6 Å². The summed E-state index contributed by atoms with van der Waals surface area (Å²) in [4.78, 5) is 0. The highest BCUT2D eigenvalue weighted by Gasteiger charge is 2.24. The Kier molecular flexibility index (Phi) is 5.62. The van der Waals surface area contributed by atoms with Crippen molar-refractivity contribution in [2.24, 2.45) is 5.41 Å². The molecule has 1 unspecified atom stereocenters. The Balaban J connectivity index is 2.14. The predicted molar refractivity (Wildman–Crippen MR) is 91.7 cm³/mol. The van der Waals surface area contributed by atoms with Crippen molar-refractivity contribution in [1.82, 2.24) is 5.32 Å². The van der Waals surface area contributed by atoms with Gasteiger partial charge in [-0.05, 0) is 53.6 Å². The van der Waals surface area contributed by atoms with E-state index in [0.717, 1.165) is 13.1 Å². The molecule has 1 aromatic carbocycles. The van der Waals surface area contributed by atoms with Gasteiger partial charge in [-0.2, -0.15) is 0 Å². The molecular formula is C18H27NS. The maximum absolute atomic E-state index is 3.62. The standard InChI is InChI=1S/C18H27NS/c1-4-10-18(3,14-19-11-5-2)12-15-13-20-17-9-7-6-8-16(15)17/h6-9,13,19H,4-5,10-12,14H2,1-3H3.